The van der Waals surface area contributed by atoms with E-state index in [1.165, 1.54) is 20.1 Å². The molecule has 1 amide bonds. The van der Waals surface area contributed by atoms with Gasteiger partial charge in [0.15, 0.2) is 0 Å². The van der Waals surface area contributed by atoms with Gasteiger partial charge in [-0.2, -0.15) is 4.72 Å². The normalized spacial score (nSPS) is 12.5. The summed E-state index contributed by atoms with van der Waals surface area (Å²) >= 11 is 0. The molecule has 2 aromatic rings. The van der Waals surface area contributed by atoms with E-state index >= 15 is 0 Å². The summed E-state index contributed by atoms with van der Waals surface area (Å²) in [7, 11) is -2.51. The molecule has 0 saturated heterocycles. The lowest BCUT2D eigenvalue weighted by atomic mass is 10.1. The fraction of sp³-hybridized carbons (Fsp3) is 0.316. The van der Waals surface area contributed by atoms with E-state index in [4.69, 9.17) is 4.74 Å². The average molecular weight is 376 g/mol. The minimum Gasteiger partial charge on any atom is -0.495 e. The smallest absolute Gasteiger partial charge is 0.244 e. The molecule has 6 nitrogen and oxygen atoms in total. The molecule has 0 spiro atoms. The van der Waals surface area contributed by atoms with Crippen molar-refractivity contribution >= 4 is 21.6 Å². The molecule has 0 aliphatic carbocycles. The van der Waals surface area contributed by atoms with Crippen LogP contribution in [-0.4, -0.2) is 27.5 Å². The number of anilines is 1. The Morgan fingerprint density at radius 1 is 1.04 bits per heavy atom. The molecule has 0 fully saturated rings. The van der Waals surface area contributed by atoms with Gasteiger partial charge in [0.1, 0.15) is 10.6 Å². The number of ether oxygens (including phenoxy) is 1. The van der Waals surface area contributed by atoms with E-state index in [-0.39, 0.29) is 10.6 Å². The first-order valence-corrected chi connectivity index (χ1v) is 9.67. The van der Waals surface area contributed by atoms with Gasteiger partial charge in [-0.15, -0.1) is 0 Å². The maximum atomic E-state index is 12.7. The predicted octanol–water partition coefficient (Wildman–Crippen LogP) is 2.93. The van der Waals surface area contributed by atoms with E-state index in [2.05, 4.69) is 10.0 Å². The second-order valence-corrected chi connectivity index (χ2v) is 7.99. The van der Waals surface area contributed by atoms with E-state index in [1.54, 1.807) is 25.1 Å². The summed E-state index contributed by atoms with van der Waals surface area (Å²) < 4.78 is 32.9. The zero-order chi connectivity index (χ0) is 19.5. The minimum absolute atomic E-state index is 0.00571. The van der Waals surface area contributed by atoms with Crippen molar-refractivity contribution in [3.63, 3.8) is 0 Å². The van der Waals surface area contributed by atoms with E-state index in [1.807, 2.05) is 26.0 Å². The number of carbonyl (C=O) groups excluding carboxylic acids is 1. The minimum atomic E-state index is -3.91. The van der Waals surface area contributed by atoms with Gasteiger partial charge in [0.2, 0.25) is 15.9 Å². The molecule has 140 valence electrons. The molecule has 0 aromatic heterocycles. The quantitative estimate of drug-likeness (QED) is 0.812. The van der Waals surface area contributed by atoms with Gasteiger partial charge in [0, 0.05) is 5.69 Å². The lowest BCUT2D eigenvalue weighted by Crippen LogP contribution is -2.41. The molecule has 0 bridgehead atoms. The maximum Gasteiger partial charge on any atom is 0.244 e. The molecule has 2 N–H and O–H groups in total. The molecule has 1 atom stereocenters. The van der Waals surface area contributed by atoms with Crippen molar-refractivity contribution in [3.05, 3.63) is 53.1 Å². The van der Waals surface area contributed by atoms with Gasteiger partial charge in [-0.3, -0.25) is 4.79 Å². The highest BCUT2D eigenvalue weighted by Crippen LogP contribution is 2.25. The van der Waals surface area contributed by atoms with Crippen LogP contribution < -0.4 is 14.8 Å². The standard InChI is InChI=1S/C19H24N2O4S/c1-12-6-8-16(14(3)10-12)20-19(22)15(4)21-26(23,24)18-11-13(2)7-9-17(18)25-5/h6-11,15,21H,1-5H3,(H,20,22)/t15-/m1/s1. The molecule has 0 aliphatic rings. The number of methoxy groups -OCH3 is 1. The van der Waals surface area contributed by atoms with Gasteiger partial charge in [-0.25, -0.2) is 8.42 Å². The van der Waals surface area contributed by atoms with Gasteiger partial charge in [0.25, 0.3) is 0 Å². The SMILES string of the molecule is COc1ccc(C)cc1S(=O)(=O)N[C@H](C)C(=O)Nc1ccc(C)cc1C. The summed E-state index contributed by atoms with van der Waals surface area (Å²) in [6, 6.07) is 9.53. The highest BCUT2D eigenvalue weighted by Gasteiger charge is 2.25. The summed E-state index contributed by atoms with van der Waals surface area (Å²) in [4.78, 5) is 12.4. The topological polar surface area (TPSA) is 84.5 Å². The Kier molecular flexibility index (Phi) is 6.05. The van der Waals surface area contributed by atoms with Crippen LogP contribution in [-0.2, 0) is 14.8 Å². The predicted molar refractivity (Wildman–Crippen MR) is 102 cm³/mol. The molecular formula is C19H24N2O4S. The van der Waals surface area contributed by atoms with Crippen LogP contribution in [0, 0.1) is 20.8 Å². The van der Waals surface area contributed by atoms with Crippen LogP contribution in [0.15, 0.2) is 41.3 Å². The Morgan fingerprint density at radius 3 is 2.27 bits per heavy atom. The van der Waals surface area contributed by atoms with Crippen molar-refractivity contribution in [3.8, 4) is 5.75 Å². The first-order chi connectivity index (χ1) is 12.1. The summed E-state index contributed by atoms with van der Waals surface area (Å²) in [5, 5.41) is 2.75. The number of rotatable bonds is 6. The zero-order valence-corrected chi connectivity index (χ0v) is 16.4. The number of benzene rings is 2. The Hall–Kier alpha value is -2.38. The van der Waals surface area contributed by atoms with Crippen molar-refractivity contribution in [2.24, 2.45) is 0 Å². The number of nitrogens with one attached hydrogen (secondary N) is 2. The number of carbonyl (C=O) groups is 1. The summed E-state index contributed by atoms with van der Waals surface area (Å²) in [5.74, 6) is -0.211. The van der Waals surface area contributed by atoms with Crippen molar-refractivity contribution in [2.45, 2.75) is 38.6 Å². The zero-order valence-electron chi connectivity index (χ0n) is 15.6. The third-order valence-electron chi connectivity index (χ3n) is 3.97. The van der Waals surface area contributed by atoms with Crippen LogP contribution in [0.1, 0.15) is 23.6 Å². The first-order valence-electron chi connectivity index (χ1n) is 8.19. The summed E-state index contributed by atoms with van der Waals surface area (Å²) in [5.41, 5.74) is 3.42. The lowest BCUT2D eigenvalue weighted by Gasteiger charge is -2.17. The molecule has 0 saturated carbocycles. The monoisotopic (exact) mass is 376 g/mol. The van der Waals surface area contributed by atoms with E-state index in [9.17, 15) is 13.2 Å². The Bertz CT molecular complexity index is 923. The number of hydrogen-bond acceptors (Lipinski definition) is 4. The molecule has 26 heavy (non-hydrogen) atoms. The number of sulfonamides is 1. The van der Waals surface area contributed by atoms with Crippen LogP contribution in [0.4, 0.5) is 5.69 Å². The molecule has 2 aromatic carbocycles. The van der Waals surface area contributed by atoms with Gasteiger partial charge in [0.05, 0.1) is 13.2 Å². The largest absolute Gasteiger partial charge is 0.495 e. The Morgan fingerprint density at radius 2 is 1.65 bits per heavy atom. The van der Waals surface area contributed by atoms with Gasteiger partial charge in [-0.05, 0) is 57.0 Å². The first kappa shape index (κ1) is 19.9. The fourth-order valence-electron chi connectivity index (χ4n) is 2.54. The molecule has 0 unspecified atom stereocenters. The van der Waals surface area contributed by atoms with Crippen LogP contribution in [0.2, 0.25) is 0 Å². The molecule has 2 rings (SSSR count). The second-order valence-electron chi connectivity index (χ2n) is 6.30. The van der Waals surface area contributed by atoms with Crippen LogP contribution >= 0.6 is 0 Å². The maximum absolute atomic E-state index is 12.7. The molecule has 0 aliphatic heterocycles. The number of hydrogen-bond donors (Lipinski definition) is 2. The van der Waals surface area contributed by atoms with E-state index < -0.39 is 22.0 Å². The highest BCUT2D eigenvalue weighted by molar-refractivity contribution is 7.89. The van der Waals surface area contributed by atoms with E-state index in [0.29, 0.717) is 5.69 Å². The van der Waals surface area contributed by atoms with Gasteiger partial charge in [-0.1, -0.05) is 23.8 Å². The summed E-state index contributed by atoms with van der Waals surface area (Å²) in [6.45, 7) is 7.13. The molecule has 0 heterocycles. The lowest BCUT2D eigenvalue weighted by molar-refractivity contribution is -0.117. The van der Waals surface area contributed by atoms with Crippen molar-refractivity contribution in [2.75, 3.05) is 12.4 Å². The van der Waals surface area contributed by atoms with Crippen molar-refractivity contribution in [1.82, 2.24) is 4.72 Å². The van der Waals surface area contributed by atoms with Gasteiger partial charge >= 0.3 is 0 Å². The summed E-state index contributed by atoms with van der Waals surface area (Å²) in [6.07, 6.45) is 0. The Labute approximate surface area is 154 Å². The van der Waals surface area contributed by atoms with Crippen LogP contribution in [0.5, 0.6) is 5.75 Å². The van der Waals surface area contributed by atoms with Crippen LogP contribution in [0.25, 0.3) is 0 Å². The highest BCUT2D eigenvalue weighted by atomic mass is 32.2. The van der Waals surface area contributed by atoms with Gasteiger partial charge < -0.3 is 10.1 Å². The second kappa shape index (κ2) is 7.88. The average Bonchev–Trinajstić information content (AvgIpc) is 2.56. The fourth-order valence-corrected chi connectivity index (χ4v) is 4.00. The molecule has 0 radical (unpaired) electrons. The third-order valence-corrected chi connectivity index (χ3v) is 5.54. The van der Waals surface area contributed by atoms with E-state index in [0.717, 1.165) is 16.7 Å². The number of aryl methyl sites for hydroxylation is 3. The molecular weight excluding hydrogens is 352 g/mol. The Balaban J connectivity index is 2.18. The van der Waals surface area contributed by atoms with Crippen molar-refractivity contribution in [1.29, 1.82) is 0 Å². The third kappa shape index (κ3) is 4.62. The van der Waals surface area contributed by atoms with Crippen molar-refractivity contribution < 1.29 is 17.9 Å². The molecule has 7 heteroatoms. The number of amides is 1. The van der Waals surface area contributed by atoms with Crippen LogP contribution in [0.3, 0.4) is 0 Å².